The second-order valence-corrected chi connectivity index (χ2v) is 5.87. The Balaban J connectivity index is 2.25. The summed E-state index contributed by atoms with van der Waals surface area (Å²) in [5.41, 5.74) is 1.01. The van der Waals surface area contributed by atoms with Crippen LogP contribution in [0, 0.1) is 0 Å². The van der Waals surface area contributed by atoms with Crippen molar-refractivity contribution in [1.82, 2.24) is 9.78 Å². The van der Waals surface area contributed by atoms with Crippen molar-refractivity contribution in [2.45, 2.75) is 4.90 Å². The molecule has 106 valence electrons. The fourth-order valence-electron chi connectivity index (χ4n) is 1.70. The number of anilines is 1. The highest BCUT2D eigenvalue weighted by molar-refractivity contribution is 7.89. The Bertz CT molecular complexity index is 734. The molecule has 2 rings (SSSR count). The Kier molecular flexibility index (Phi) is 3.60. The van der Waals surface area contributed by atoms with E-state index in [4.69, 9.17) is 5.14 Å². The van der Waals surface area contributed by atoms with E-state index in [1.165, 1.54) is 40.0 Å². The zero-order chi connectivity index (χ0) is 14.9. The zero-order valence-electron chi connectivity index (χ0n) is 11.0. The normalized spacial score (nSPS) is 11.3. The third-order valence-electron chi connectivity index (χ3n) is 2.81. The molecule has 0 bridgehead atoms. The molecule has 1 aromatic carbocycles. The maximum absolute atomic E-state index is 12.2. The quantitative estimate of drug-likeness (QED) is 0.882. The van der Waals surface area contributed by atoms with E-state index in [1.807, 2.05) is 0 Å². The van der Waals surface area contributed by atoms with E-state index >= 15 is 0 Å². The van der Waals surface area contributed by atoms with Gasteiger partial charge in [0.1, 0.15) is 0 Å². The van der Waals surface area contributed by atoms with Crippen LogP contribution in [0.5, 0.6) is 0 Å². The van der Waals surface area contributed by atoms with Gasteiger partial charge in [-0.1, -0.05) is 0 Å². The van der Waals surface area contributed by atoms with Crippen LogP contribution in [0.2, 0.25) is 0 Å². The lowest BCUT2D eigenvalue weighted by atomic mass is 10.2. The van der Waals surface area contributed by atoms with Gasteiger partial charge in [-0.2, -0.15) is 5.10 Å². The molecule has 0 radical (unpaired) electrons. The number of benzene rings is 1. The van der Waals surface area contributed by atoms with E-state index in [0.717, 1.165) is 0 Å². The average molecular weight is 294 g/mol. The van der Waals surface area contributed by atoms with Crippen molar-refractivity contribution in [2.75, 3.05) is 11.9 Å². The lowest BCUT2D eigenvalue weighted by molar-refractivity contribution is 0.0993. The van der Waals surface area contributed by atoms with Crippen LogP contribution in [0.4, 0.5) is 5.69 Å². The number of hydrogen-bond acceptors (Lipinski definition) is 4. The maximum Gasteiger partial charge on any atom is 0.261 e. The molecule has 0 atom stereocenters. The summed E-state index contributed by atoms with van der Waals surface area (Å²) >= 11 is 0. The summed E-state index contributed by atoms with van der Waals surface area (Å²) in [5, 5.41) is 8.95. The van der Waals surface area contributed by atoms with Crippen LogP contribution in [-0.4, -0.2) is 31.2 Å². The van der Waals surface area contributed by atoms with Gasteiger partial charge in [0.15, 0.2) is 0 Å². The Morgan fingerprint density at radius 1 is 1.30 bits per heavy atom. The zero-order valence-corrected chi connectivity index (χ0v) is 11.8. The fraction of sp³-hybridized carbons (Fsp3) is 0.167. The number of carbonyl (C=O) groups is 1. The molecule has 0 fully saturated rings. The predicted molar refractivity (Wildman–Crippen MR) is 73.8 cm³/mol. The van der Waals surface area contributed by atoms with E-state index in [0.29, 0.717) is 11.3 Å². The van der Waals surface area contributed by atoms with E-state index < -0.39 is 10.0 Å². The Labute approximate surface area is 116 Å². The molecule has 1 aromatic heterocycles. The van der Waals surface area contributed by atoms with Gasteiger partial charge in [0.05, 0.1) is 16.7 Å². The van der Waals surface area contributed by atoms with E-state index in [9.17, 15) is 13.2 Å². The lowest BCUT2D eigenvalue weighted by Gasteiger charge is -2.16. The fourth-order valence-corrected chi connectivity index (χ4v) is 2.22. The molecule has 20 heavy (non-hydrogen) atoms. The van der Waals surface area contributed by atoms with Crippen molar-refractivity contribution in [3.8, 4) is 0 Å². The molecule has 0 aliphatic rings. The summed E-state index contributed by atoms with van der Waals surface area (Å²) in [6.45, 7) is 0. The molecule has 0 spiro atoms. The minimum absolute atomic E-state index is 0.00322. The lowest BCUT2D eigenvalue weighted by Crippen LogP contribution is -2.26. The molecular weight excluding hydrogens is 280 g/mol. The first kappa shape index (κ1) is 14.2. The number of aromatic nitrogens is 2. The number of nitrogens with zero attached hydrogens (tertiary/aromatic N) is 3. The summed E-state index contributed by atoms with van der Waals surface area (Å²) < 4.78 is 23.8. The van der Waals surface area contributed by atoms with Gasteiger partial charge in [-0.25, -0.2) is 13.6 Å². The van der Waals surface area contributed by atoms with Crippen molar-refractivity contribution >= 4 is 21.6 Å². The van der Waals surface area contributed by atoms with Crippen LogP contribution in [0.1, 0.15) is 10.4 Å². The predicted octanol–water partition coefficient (Wildman–Crippen LogP) is 0.344. The first-order valence-corrected chi connectivity index (χ1v) is 7.23. The SMILES string of the molecule is CN(C(=O)c1cnn(C)c1)c1ccc(S(N)(=O)=O)cc1. The van der Waals surface area contributed by atoms with Crippen LogP contribution in [0.15, 0.2) is 41.6 Å². The summed E-state index contributed by atoms with van der Waals surface area (Å²) in [7, 11) is -0.413. The highest BCUT2D eigenvalue weighted by atomic mass is 32.2. The molecule has 1 amide bonds. The van der Waals surface area contributed by atoms with Gasteiger partial charge in [-0.05, 0) is 24.3 Å². The molecule has 0 aliphatic carbocycles. The number of nitrogens with two attached hydrogens (primary N) is 1. The molecule has 8 heteroatoms. The van der Waals surface area contributed by atoms with Crippen LogP contribution in [0.25, 0.3) is 0 Å². The topological polar surface area (TPSA) is 98.3 Å². The molecule has 2 aromatic rings. The van der Waals surface area contributed by atoms with Gasteiger partial charge in [0, 0.05) is 26.0 Å². The Morgan fingerprint density at radius 3 is 2.35 bits per heavy atom. The van der Waals surface area contributed by atoms with Gasteiger partial charge in [0.25, 0.3) is 5.91 Å². The first-order valence-electron chi connectivity index (χ1n) is 5.68. The molecule has 0 saturated carbocycles. The van der Waals surface area contributed by atoms with Crippen molar-refractivity contribution in [3.63, 3.8) is 0 Å². The Morgan fingerprint density at radius 2 is 1.90 bits per heavy atom. The number of carbonyl (C=O) groups excluding carboxylic acids is 1. The maximum atomic E-state index is 12.2. The van der Waals surface area contributed by atoms with Gasteiger partial charge < -0.3 is 4.90 Å². The summed E-state index contributed by atoms with van der Waals surface area (Å²) in [4.78, 5) is 13.6. The van der Waals surface area contributed by atoms with Gasteiger partial charge >= 0.3 is 0 Å². The number of hydrogen-bond donors (Lipinski definition) is 1. The second-order valence-electron chi connectivity index (χ2n) is 4.31. The van der Waals surface area contributed by atoms with Crippen molar-refractivity contribution in [1.29, 1.82) is 0 Å². The van der Waals surface area contributed by atoms with Crippen molar-refractivity contribution < 1.29 is 13.2 Å². The second kappa shape index (κ2) is 5.06. The molecule has 0 aliphatic heterocycles. The van der Waals surface area contributed by atoms with Gasteiger partial charge in [-0.3, -0.25) is 9.48 Å². The number of primary sulfonamides is 1. The number of sulfonamides is 1. The van der Waals surface area contributed by atoms with E-state index in [1.54, 1.807) is 20.3 Å². The van der Waals surface area contributed by atoms with Crippen LogP contribution in [0.3, 0.4) is 0 Å². The summed E-state index contributed by atoms with van der Waals surface area (Å²) in [6, 6.07) is 5.76. The van der Waals surface area contributed by atoms with Crippen molar-refractivity contribution in [3.05, 3.63) is 42.2 Å². The van der Waals surface area contributed by atoms with Crippen LogP contribution >= 0.6 is 0 Å². The molecule has 1 heterocycles. The highest BCUT2D eigenvalue weighted by Gasteiger charge is 2.16. The van der Waals surface area contributed by atoms with E-state index in [-0.39, 0.29) is 10.8 Å². The smallest absolute Gasteiger partial charge is 0.261 e. The number of rotatable bonds is 3. The number of amides is 1. The van der Waals surface area contributed by atoms with Gasteiger partial charge in [-0.15, -0.1) is 0 Å². The van der Waals surface area contributed by atoms with Crippen LogP contribution in [-0.2, 0) is 17.1 Å². The molecule has 2 N–H and O–H groups in total. The van der Waals surface area contributed by atoms with Gasteiger partial charge in [0.2, 0.25) is 10.0 Å². The van der Waals surface area contributed by atoms with Crippen molar-refractivity contribution in [2.24, 2.45) is 12.2 Å². The third kappa shape index (κ3) is 2.86. The third-order valence-corrected chi connectivity index (χ3v) is 3.74. The first-order chi connectivity index (χ1) is 9.29. The van der Waals surface area contributed by atoms with Crippen LogP contribution < -0.4 is 10.0 Å². The highest BCUT2D eigenvalue weighted by Crippen LogP contribution is 2.18. The number of aryl methyl sites for hydroxylation is 1. The molecule has 0 unspecified atom stereocenters. The molecular formula is C12H14N4O3S. The average Bonchev–Trinajstić information content (AvgIpc) is 2.83. The molecule has 7 nitrogen and oxygen atoms in total. The molecule has 0 saturated heterocycles. The minimum atomic E-state index is -3.73. The minimum Gasteiger partial charge on any atom is -0.311 e. The largest absolute Gasteiger partial charge is 0.311 e. The summed E-state index contributed by atoms with van der Waals surface area (Å²) in [6.07, 6.45) is 3.08. The summed E-state index contributed by atoms with van der Waals surface area (Å²) in [5.74, 6) is -0.235. The van der Waals surface area contributed by atoms with E-state index in [2.05, 4.69) is 5.10 Å². The monoisotopic (exact) mass is 294 g/mol. The Hall–Kier alpha value is -2.19. The standard InChI is InChI=1S/C12H14N4O3S/c1-15-8-9(7-14-15)12(17)16(2)10-3-5-11(6-4-10)20(13,18)19/h3-8H,1-2H3,(H2,13,18,19).